The molecule has 24 heavy (non-hydrogen) atoms. The Morgan fingerprint density at radius 3 is 2.83 bits per heavy atom. The number of nitrogens with zero attached hydrogens (tertiary/aromatic N) is 2. The number of fused-ring (bicyclic) bond motifs is 1. The highest BCUT2D eigenvalue weighted by Gasteiger charge is 2.13. The number of aromatic amines is 1. The van der Waals surface area contributed by atoms with Gasteiger partial charge in [0.25, 0.3) is 5.91 Å². The van der Waals surface area contributed by atoms with Crippen LogP contribution in [0.2, 0.25) is 0 Å². The second kappa shape index (κ2) is 5.78. The van der Waals surface area contributed by atoms with Gasteiger partial charge in [-0.25, -0.2) is 4.98 Å². The van der Waals surface area contributed by atoms with Gasteiger partial charge in [-0.1, -0.05) is 18.2 Å². The topological polar surface area (TPSA) is 84.7 Å². The molecule has 7 heteroatoms. The van der Waals surface area contributed by atoms with E-state index >= 15 is 0 Å². The molecule has 0 spiro atoms. The molecular weight excluding hydrogens is 324 g/mol. The zero-order chi connectivity index (χ0) is 16.5. The number of benzene rings is 1. The van der Waals surface area contributed by atoms with Crippen molar-refractivity contribution >= 4 is 33.3 Å². The van der Waals surface area contributed by atoms with Gasteiger partial charge in [0.1, 0.15) is 0 Å². The maximum atomic E-state index is 12.2. The first-order valence-corrected chi connectivity index (χ1v) is 8.11. The SMILES string of the molecule is O=C(Nc1nc(-c2c[nH]c3ccccc23)cs1)c1cc[n+]([O-])cc1. The second-order valence-corrected chi connectivity index (χ2v) is 6.04. The van der Waals surface area contributed by atoms with Crippen LogP contribution in [0.15, 0.2) is 60.4 Å². The molecule has 118 valence electrons. The molecule has 3 aromatic heterocycles. The summed E-state index contributed by atoms with van der Waals surface area (Å²) in [4.78, 5) is 19.9. The molecule has 0 saturated carbocycles. The Labute approximate surface area is 141 Å². The van der Waals surface area contributed by atoms with Crippen molar-refractivity contribution in [1.29, 1.82) is 0 Å². The average Bonchev–Trinajstić information content (AvgIpc) is 3.22. The van der Waals surface area contributed by atoms with Crippen LogP contribution in [-0.4, -0.2) is 15.9 Å². The number of rotatable bonds is 3. The Morgan fingerprint density at radius 2 is 2.00 bits per heavy atom. The normalized spacial score (nSPS) is 10.8. The minimum Gasteiger partial charge on any atom is -0.619 e. The predicted octanol–water partition coefficient (Wildman–Crippen LogP) is 3.18. The maximum Gasteiger partial charge on any atom is 0.257 e. The van der Waals surface area contributed by atoms with Gasteiger partial charge in [0.15, 0.2) is 17.5 Å². The average molecular weight is 336 g/mol. The summed E-state index contributed by atoms with van der Waals surface area (Å²) in [6, 6.07) is 10.9. The van der Waals surface area contributed by atoms with Gasteiger partial charge in [-0.05, 0) is 6.07 Å². The number of aromatic nitrogens is 3. The molecule has 3 heterocycles. The molecule has 0 fully saturated rings. The molecule has 6 nitrogen and oxygen atoms in total. The van der Waals surface area contributed by atoms with Crippen LogP contribution in [0.4, 0.5) is 5.13 Å². The van der Waals surface area contributed by atoms with Gasteiger partial charge in [0.2, 0.25) is 0 Å². The Kier molecular flexibility index (Phi) is 3.47. The number of anilines is 1. The lowest BCUT2D eigenvalue weighted by Gasteiger charge is -2.01. The molecule has 0 bridgehead atoms. The molecule has 0 radical (unpaired) electrons. The Balaban J connectivity index is 1.59. The molecule has 4 rings (SSSR count). The van der Waals surface area contributed by atoms with Crippen LogP contribution in [0.3, 0.4) is 0 Å². The first kappa shape index (κ1) is 14.4. The summed E-state index contributed by atoms with van der Waals surface area (Å²) in [5.41, 5.74) is 3.25. The molecule has 0 aliphatic carbocycles. The molecular formula is C17H12N4O2S. The van der Waals surface area contributed by atoms with Crippen LogP contribution in [0, 0.1) is 5.21 Å². The second-order valence-electron chi connectivity index (χ2n) is 5.19. The highest BCUT2D eigenvalue weighted by molar-refractivity contribution is 7.14. The maximum absolute atomic E-state index is 12.2. The van der Waals surface area contributed by atoms with Crippen molar-refractivity contribution in [2.75, 3.05) is 5.32 Å². The van der Waals surface area contributed by atoms with Gasteiger partial charge in [-0.2, -0.15) is 4.73 Å². The molecule has 0 aliphatic heterocycles. The van der Waals surface area contributed by atoms with Crippen molar-refractivity contribution < 1.29 is 9.52 Å². The zero-order valence-corrected chi connectivity index (χ0v) is 13.2. The number of para-hydroxylation sites is 1. The van der Waals surface area contributed by atoms with E-state index in [2.05, 4.69) is 15.3 Å². The number of H-pyrrole nitrogens is 1. The van der Waals surface area contributed by atoms with Crippen LogP contribution in [0.1, 0.15) is 10.4 Å². The molecule has 0 saturated heterocycles. The highest BCUT2D eigenvalue weighted by Crippen LogP contribution is 2.30. The Bertz CT molecular complexity index is 1020. The largest absolute Gasteiger partial charge is 0.619 e. The number of thiazole rings is 1. The summed E-state index contributed by atoms with van der Waals surface area (Å²) in [5, 5.41) is 17.3. The van der Waals surface area contributed by atoms with Crippen molar-refractivity contribution in [3.8, 4) is 11.3 Å². The number of nitrogens with one attached hydrogen (secondary N) is 2. The summed E-state index contributed by atoms with van der Waals surface area (Å²) in [7, 11) is 0. The Hall–Kier alpha value is -3.19. The molecule has 2 N–H and O–H groups in total. The molecule has 0 aliphatic rings. The van der Waals surface area contributed by atoms with E-state index in [0.29, 0.717) is 15.4 Å². The van der Waals surface area contributed by atoms with Crippen molar-refractivity contribution in [2.24, 2.45) is 0 Å². The number of hydrogen-bond acceptors (Lipinski definition) is 4. The van der Waals surface area contributed by atoms with E-state index in [1.165, 1.54) is 35.9 Å². The first-order valence-electron chi connectivity index (χ1n) is 7.23. The lowest BCUT2D eigenvalue weighted by atomic mass is 10.1. The van der Waals surface area contributed by atoms with Crippen LogP contribution in [0.25, 0.3) is 22.2 Å². The number of carbonyl (C=O) groups excluding carboxylic acids is 1. The first-order chi connectivity index (χ1) is 11.7. The smallest absolute Gasteiger partial charge is 0.257 e. The van der Waals surface area contributed by atoms with Gasteiger partial charge < -0.3 is 10.2 Å². The lowest BCUT2D eigenvalue weighted by Crippen LogP contribution is -2.25. The summed E-state index contributed by atoms with van der Waals surface area (Å²) >= 11 is 1.36. The number of hydrogen-bond donors (Lipinski definition) is 2. The fourth-order valence-electron chi connectivity index (χ4n) is 2.47. The molecule has 0 atom stereocenters. The van der Waals surface area contributed by atoms with Gasteiger partial charge in [0.05, 0.1) is 11.3 Å². The molecule has 1 amide bonds. The monoisotopic (exact) mass is 336 g/mol. The Morgan fingerprint density at radius 1 is 1.21 bits per heavy atom. The third kappa shape index (κ3) is 2.61. The van der Waals surface area contributed by atoms with Gasteiger partial charge >= 0.3 is 0 Å². The quantitative estimate of drug-likeness (QED) is 0.445. The van der Waals surface area contributed by atoms with Gasteiger partial charge in [-0.15, -0.1) is 11.3 Å². The minimum absolute atomic E-state index is 0.296. The predicted molar refractivity (Wildman–Crippen MR) is 92.8 cm³/mol. The van der Waals surface area contributed by atoms with Gasteiger partial charge in [0, 0.05) is 40.2 Å². The third-order valence-corrected chi connectivity index (χ3v) is 4.41. The number of pyridine rings is 1. The summed E-state index contributed by atoms with van der Waals surface area (Å²) in [6.45, 7) is 0. The van der Waals surface area contributed by atoms with Crippen molar-refractivity contribution in [2.45, 2.75) is 0 Å². The number of amides is 1. The standard InChI is InChI=1S/C17H12N4O2S/c22-16(11-5-7-21(23)8-6-11)20-17-19-15(10-24-17)13-9-18-14-4-2-1-3-12(13)14/h1-10,18H,(H,19,20,22). The highest BCUT2D eigenvalue weighted by atomic mass is 32.1. The van der Waals surface area contributed by atoms with E-state index in [1.54, 1.807) is 0 Å². The number of carbonyl (C=O) groups is 1. The van der Waals surface area contributed by atoms with Crippen molar-refractivity contribution in [3.63, 3.8) is 0 Å². The summed E-state index contributed by atoms with van der Waals surface area (Å²) in [6.07, 6.45) is 4.48. The van der Waals surface area contributed by atoms with E-state index in [4.69, 9.17) is 0 Å². The fraction of sp³-hybridized carbons (Fsp3) is 0. The third-order valence-electron chi connectivity index (χ3n) is 3.65. The van der Waals surface area contributed by atoms with Crippen molar-refractivity contribution in [1.82, 2.24) is 9.97 Å². The lowest BCUT2D eigenvalue weighted by molar-refractivity contribution is -0.605. The van der Waals surface area contributed by atoms with Crippen LogP contribution >= 0.6 is 11.3 Å². The molecule has 0 unspecified atom stereocenters. The zero-order valence-electron chi connectivity index (χ0n) is 12.4. The van der Waals surface area contributed by atoms with Crippen molar-refractivity contribution in [3.05, 3.63) is 71.1 Å². The van der Waals surface area contributed by atoms with E-state index in [0.717, 1.165) is 22.2 Å². The van der Waals surface area contributed by atoms with E-state index in [-0.39, 0.29) is 5.91 Å². The van der Waals surface area contributed by atoms with E-state index in [9.17, 15) is 10.0 Å². The van der Waals surface area contributed by atoms with Crippen LogP contribution in [-0.2, 0) is 0 Å². The van der Waals surface area contributed by atoms with Gasteiger partial charge in [-0.3, -0.25) is 10.1 Å². The van der Waals surface area contributed by atoms with Crippen LogP contribution < -0.4 is 10.0 Å². The summed E-state index contributed by atoms with van der Waals surface area (Å²) < 4.78 is 0.634. The molecule has 1 aromatic carbocycles. The van der Waals surface area contributed by atoms with Crippen LogP contribution in [0.5, 0.6) is 0 Å². The molecule has 4 aromatic rings. The van der Waals surface area contributed by atoms with E-state index in [1.807, 2.05) is 35.8 Å². The fourth-order valence-corrected chi connectivity index (χ4v) is 3.18. The minimum atomic E-state index is -0.296. The van der Waals surface area contributed by atoms with E-state index < -0.39 is 0 Å². The summed E-state index contributed by atoms with van der Waals surface area (Å²) in [5.74, 6) is -0.296.